The molecule has 0 saturated heterocycles. The quantitative estimate of drug-likeness (QED) is 0.612. The van der Waals surface area contributed by atoms with Crippen molar-refractivity contribution in [3.8, 4) is 0 Å². The third kappa shape index (κ3) is 1.20. The Labute approximate surface area is 72.3 Å². The van der Waals surface area contributed by atoms with Gasteiger partial charge >= 0.3 is 0 Å². The number of hydrogen-bond acceptors (Lipinski definition) is 2. The van der Waals surface area contributed by atoms with E-state index in [1.165, 1.54) is 11.1 Å². The Kier molecular flexibility index (Phi) is 1.82. The summed E-state index contributed by atoms with van der Waals surface area (Å²) in [6.45, 7) is 2.98. The highest BCUT2D eigenvalue weighted by atomic mass is 15.3. The maximum atomic E-state index is 4.23. The first kappa shape index (κ1) is 7.35. The van der Waals surface area contributed by atoms with Crippen molar-refractivity contribution < 1.29 is 0 Å². The lowest BCUT2D eigenvalue weighted by molar-refractivity contribution is 0.740. The second kappa shape index (κ2) is 2.97. The van der Waals surface area contributed by atoms with E-state index in [0.29, 0.717) is 0 Å². The highest BCUT2D eigenvalue weighted by Crippen LogP contribution is 2.12. The van der Waals surface area contributed by atoms with Crippen LogP contribution in [0.3, 0.4) is 0 Å². The van der Waals surface area contributed by atoms with Crippen molar-refractivity contribution in [3.63, 3.8) is 0 Å². The molecule has 0 amide bonds. The second-order valence-corrected chi connectivity index (χ2v) is 3.01. The Morgan fingerprint density at radius 2 is 2.17 bits per heavy atom. The van der Waals surface area contributed by atoms with Crippen LogP contribution in [0.15, 0.2) is 29.4 Å². The molecule has 1 aromatic carbocycles. The molecule has 1 N–H and O–H groups in total. The second-order valence-electron chi connectivity index (χ2n) is 3.01. The Hall–Kier alpha value is -1.31. The fraction of sp³-hybridized carbons (Fsp3) is 0.300. The van der Waals surface area contributed by atoms with Crippen LogP contribution in [0.25, 0.3) is 0 Å². The zero-order valence-electron chi connectivity index (χ0n) is 7.17. The summed E-state index contributed by atoms with van der Waals surface area (Å²) in [7, 11) is 0. The summed E-state index contributed by atoms with van der Waals surface area (Å²) in [6.07, 6.45) is 1.07. The summed E-state index contributed by atoms with van der Waals surface area (Å²) in [5.41, 5.74) is 6.79. The molecule has 0 saturated carbocycles. The van der Waals surface area contributed by atoms with E-state index in [1.54, 1.807) is 0 Å². The van der Waals surface area contributed by atoms with Crippen molar-refractivity contribution in [1.82, 2.24) is 5.43 Å². The van der Waals surface area contributed by atoms with Crippen molar-refractivity contribution in [1.29, 1.82) is 0 Å². The first-order valence-corrected chi connectivity index (χ1v) is 4.23. The Morgan fingerprint density at radius 1 is 1.33 bits per heavy atom. The highest BCUT2D eigenvalue weighted by molar-refractivity contribution is 6.00. The van der Waals surface area contributed by atoms with Gasteiger partial charge in [0.1, 0.15) is 0 Å². The topological polar surface area (TPSA) is 24.4 Å². The molecule has 1 aromatic rings. The van der Waals surface area contributed by atoms with Crippen LogP contribution in [0.2, 0.25) is 0 Å². The number of nitrogens with one attached hydrogen (secondary N) is 1. The summed E-state index contributed by atoms with van der Waals surface area (Å²) in [4.78, 5) is 0. The fourth-order valence-corrected chi connectivity index (χ4v) is 1.52. The summed E-state index contributed by atoms with van der Waals surface area (Å²) in [6, 6.07) is 8.43. The minimum Gasteiger partial charge on any atom is -0.309 e. The van der Waals surface area contributed by atoms with Crippen molar-refractivity contribution in [2.24, 2.45) is 5.10 Å². The van der Waals surface area contributed by atoms with E-state index in [1.807, 2.05) is 6.92 Å². The van der Waals surface area contributed by atoms with Gasteiger partial charge in [-0.15, -0.1) is 0 Å². The Bertz CT molecular complexity index is 315. The van der Waals surface area contributed by atoms with E-state index >= 15 is 0 Å². The largest absolute Gasteiger partial charge is 0.309 e. The molecule has 0 aromatic heterocycles. The summed E-state index contributed by atoms with van der Waals surface area (Å²) in [5, 5.41) is 4.23. The average Bonchev–Trinajstić information content (AvgIpc) is 2.29. The molecule has 0 radical (unpaired) electrons. The Balaban J connectivity index is 2.51. The first-order valence-electron chi connectivity index (χ1n) is 4.23. The van der Waals surface area contributed by atoms with E-state index in [-0.39, 0.29) is 0 Å². The maximum Gasteiger partial charge on any atom is 0.0647 e. The van der Waals surface area contributed by atoms with Gasteiger partial charge in [-0.3, -0.25) is 0 Å². The number of nitrogens with zero attached hydrogens (tertiary/aromatic N) is 1. The number of hydrazone groups is 1. The first-order chi connectivity index (χ1) is 5.88. The van der Waals surface area contributed by atoms with Crippen molar-refractivity contribution in [2.45, 2.75) is 13.3 Å². The molecule has 0 spiro atoms. The van der Waals surface area contributed by atoms with Crippen LogP contribution in [-0.4, -0.2) is 12.3 Å². The molecule has 62 valence electrons. The standard InChI is InChI=1S/C10H12N2/c1-8-10-5-3-2-4-9(10)6-7-11-12-8/h2-5,11H,6-7H2,1H3. The third-order valence-corrected chi connectivity index (χ3v) is 2.16. The molecular formula is C10H12N2. The lowest BCUT2D eigenvalue weighted by Crippen LogP contribution is -2.07. The smallest absolute Gasteiger partial charge is 0.0647 e. The van der Waals surface area contributed by atoms with E-state index in [9.17, 15) is 0 Å². The van der Waals surface area contributed by atoms with Gasteiger partial charge in [0.05, 0.1) is 5.71 Å². The van der Waals surface area contributed by atoms with Crippen molar-refractivity contribution >= 4 is 5.71 Å². The summed E-state index contributed by atoms with van der Waals surface area (Å²) >= 11 is 0. The van der Waals surface area contributed by atoms with E-state index < -0.39 is 0 Å². The molecule has 1 aliphatic rings. The van der Waals surface area contributed by atoms with Gasteiger partial charge in [0.2, 0.25) is 0 Å². The lowest BCUT2D eigenvalue weighted by Gasteiger charge is -2.02. The van der Waals surface area contributed by atoms with E-state index in [0.717, 1.165) is 18.7 Å². The number of benzene rings is 1. The van der Waals surface area contributed by atoms with Crippen LogP contribution in [0.5, 0.6) is 0 Å². The van der Waals surface area contributed by atoms with Crippen LogP contribution in [-0.2, 0) is 6.42 Å². The molecule has 1 heterocycles. The minimum atomic E-state index is 0.939. The van der Waals surface area contributed by atoms with Gasteiger partial charge in [-0.1, -0.05) is 24.3 Å². The van der Waals surface area contributed by atoms with Crippen LogP contribution >= 0.6 is 0 Å². The van der Waals surface area contributed by atoms with Gasteiger partial charge in [-0.2, -0.15) is 5.10 Å². The lowest BCUT2D eigenvalue weighted by atomic mass is 10.0. The van der Waals surface area contributed by atoms with Gasteiger partial charge in [-0.25, -0.2) is 0 Å². The predicted molar refractivity (Wildman–Crippen MR) is 50.4 cm³/mol. The highest BCUT2D eigenvalue weighted by Gasteiger charge is 2.06. The van der Waals surface area contributed by atoms with Crippen LogP contribution in [0.1, 0.15) is 18.1 Å². The summed E-state index contributed by atoms with van der Waals surface area (Å²) in [5.74, 6) is 0. The minimum absolute atomic E-state index is 0.939. The molecule has 12 heavy (non-hydrogen) atoms. The molecule has 1 aliphatic heterocycles. The molecular weight excluding hydrogens is 148 g/mol. The SMILES string of the molecule is CC1=NNCCc2ccccc21. The van der Waals surface area contributed by atoms with Gasteiger partial charge < -0.3 is 5.43 Å². The van der Waals surface area contributed by atoms with Crippen molar-refractivity contribution in [3.05, 3.63) is 35.4 Å². The molecule has 2 nitrogen and oxygen atoms in total. The molecule has 2 rings (SSSR count). The molecule has 0 aliphatic carbocycles. The molecule has 0 unspecified atom stereocenters. The third-order valence-electron chi connectivity index (χ3n) is 2.16. The maximum absolute atomic E-state index is 4.23. The van der Waals surface area contributed by atoms with Crippen LogP contribution in [0, 0.1) is 0 Å². The number of hydrogen-bond donors (Lipinski definition) is 1. The number of fused-ring (bicyclic) bond motifs is 1. The van der Waals surface area contributed by atoms with E-state index in [4.69, 9.17) is 0 Å². The van der Waals surface area contributed by atoms with Gasteiger partial charge in [0, 0.05) is 12.1 Å². The zero-order valence-corrected chi connectivity index (χ0v) is 7.17. The average molecular weight is 160 g/mol. The monoisotopic (exact) mass is 160 g/mol. The fourth-order valence-electron chi connectivity index (χ4n) is 1.52. The molecule has 2 heteroatoms. The molecule has 0 bridgehead atoms. The molecule has 0 atom stereocenters. The summed E-state index contributed by atoms with van der Waals surface area (Å²) < 4.78 is 0. The Morgan fingerprint density at radius 3 is 3.08 bits per heavy atom. The van der Waals surface area contributed by atoms with Gasteiger partial charge in [0.25, 0.3) is 0 Å². The van der Waals surface area contributed by atoms with Gasteiger partial charge in [0.15, 0.2) is 0 Å². The normalized spacial score (nSPS) is 15.6. The van der Waals surface area contributed by atoms with Crippen LogP contribution < -0.4 is 5.43 Å². The molecule has 0 fully saturated rings. The van der Waals surface area contributed by atoms with Gasteiger partial charge in [-0.05, 0) is 18.9 Å². The van der Waals surface area contributed by atoms with Crippen molar-refractivity contribution in [2.75, 3.05) is 6.54 Å². The zero-order chi connectivity index (χ0) is 8.39. The van der Waals surface area contributed by atoms with Crippen LogP contribution in [0.4, 0.5) is 0 Å². The predicted octanol–water partition coefficient (Wildman–Crippen LogP) is 1.56. The number of rotatable bonds is 0. The van der Waals surface area contributed by atoms with E-state index in [2.05, 4.69) is 34.8 Å².